The summed E-state index contributed by atoms with van der Waals surface area (Å²) in [5.74, 6) is -0.0911. The maximum absolute atomic E-state index is 13.9. The molecule has 8 heteroatoms. The number of halogens is 4. The quantitative estimate of drug-likeness (QED) is 0.477. The van der Waals surface area contributed by atoms with Gasteiger partial charge in [0.05, 0.1) is 18.7 Å². The maximum atomic E-state index is 13.9. The van der Waals surface area contributed by atoms with E-state index in [-0.39, 0.29) is 24.9 Å². The molecule has 2 N–H and O–H groups in total. The number of nitrogens with zero attached hydrogens (tertiary/aromatic N) is 2. The highest BCUT2D eigenvalue weighted by Crippen LogP contribution is 2.19. The van der Waals surface area contributed by atoms with Crippen LogP contribution in [0.1, 0.15) is 18.9 Å². The van der Waals surface area contributed by atoms with Gasteiger partial charge in [0.2, 0.25) is 0 Å². The van der Waals surface area contributed by atoms with E-state index in [2.05, 4.69) is 15.6 Å². The van der Waals surface area contributed by atoms with Crippen molar-refractivity contribution in [1.82, 2.24) is 10.6 Å². The van der Waals surface area contributed by atoms with E-state index >= 15 is 0 Å². The van der Waals surface area contributed by atoms with E-state index < -0.39 is 12.6 Å². The van der Waals surface area contributed by atoms with Gasteiger partial charge in [-0.1, -0.05) is 6.07 Å². The fourth-order valence-electron chi connectivity index (χ4n) is 1.85. The Hall–Kier alpha value is -1.99. The van der Waals surface area contributed by atoms with Crippen molar-refractivity contribution in [3.05, 3.63) is 29.6 Å². The maximum Gasteiger partial charge on any atom is 0.390 e. The number of guanidine groups is 1. The molecule has 4 nitrogen and oxygen atoms in total. The summed E-state index contributed by atoms with van der Waals surface area (Å²) in [7, 11) is 3.48. The Labute approximate surface area is 133 Å². The predicted octanol–water partition coefficient (Wildman–Crippen LogP) is 2.90. The molecule has 0 saturated carbocycles. The van der Waals surface area contributed by atoms with E-state index in [1.165, 1.54) is 6.07 Å². The van der Waals surface area contributed by atoms with Crippen LogP contribution in [-0.4, -0.2) is 39.3 Å². The van der Waals surface area contributed by atoms with Crippen molar-refractivity contribution in [2.45, 2.75) is 26.1 Å². The summed E-state index contributed by atoms with van der Waals surface area (Å²) in [6.45, 7) is 2.24. The van der Waals surface area contributed by atoms with Crippen molar-refractivity contribution in [3.63, 3.8) is 0 Å². The largest absolute Gasteiger partial charge is 0.390 e. The van der Waals surface area contributed by atoms with Gasteiger partial charge in [-0.25, -0.2) is 9.38 Å². The van der Waals surface area contributed by atoms with Crippen LogP contribution in [0.4, 0.5) is 23.2 Å². The first-order valence-corrected chi connectivity index (χ1v) is 7.27. The number of nitrogens with one attached hydrogen (secondary N) is 2. The van der Waals surface area contributed by atoms with Gasteiger partial charge in [-0.3, -0.25) is 0 Å². The fourth-order valence-corrected chi connectivity index (χ4v) is 1.85. The first kappa shape index (κ1) is 19.1. The van der Waals surface area contributed by atoms with Gasteiger partial charge in [-0.05, 0) is 24.6 Å². The Morgan fingerprint density at radius 2 is 1.91 bits per heavy atom. The molecule has 130 valence electrons. The molecule has 0 saturated heterocycles. The first-order valence-electron chi connectivity index (χ1n) is 7.27. The minimum Gasteiger partial charge on any atom is -0.375 e. The Morgan fingerprint density at radius 3 is 2.43 bits per heavy atom. The fraction of sp³-hybridized carbons (Fsp3) is 0.533. The summed E-state index contributed by atoms with van der Waals surface area (Å²) in [6, 6.07) is 4.75. The Kier molecular flexibility index (Phi) is 7.12. The molecule has 1 rings (SSSR count). The first-order chi connectivity index (χ1) is 10.7. The molecule has 0 spiro atoms. The Balaban J connectivity index is 2.68. The van der Waals surface area contributed by atoms with Crippen LogP contribution >= 0.6 is 0 Å². The molecular weight excluding hydrogens is 312 g/mol. The number of benzene rings is 1. The van der Waals surface area contributed by atoms with E-state index in [9.17, 15) is 17.6 Å². The lowest BCUT2D eigenvalue weighted by Gasteiger charge is -2.14. The Bertz CT molecular complexity index is 527. The molecule has 0 aliphatic rings. The van der Waals surface area contributed by atoms with E-state index in [0.717, 1.165) is 0 Å². The number of aliphatic imine (C=N–C) groups is 1. The molecule has 0 radical (unpaired) electrons. The second kappa shape index (κ2) is 8.59. The van der Waals surface area contributed by atoms with Gasteiger partial charge in [-0.15, -0.1) is 0 Å². The third-order valence-electron chi connectivity index (χ3n) is 2.96. The van der Waals surface area contributed by atoms with Crippen LogP contribution in [0.3, 0.4) is 0 Å². The van der Waals surface area contributed by atoms with Gasteiger partial charge in [0.1, 0.15) is 5.82 Å². The van der Waals surface area contributed by atoms with Crippen molar-refractivity contribution in [1.29, 1.82) is 0 Å². The average molecular weight is 334 g/mol. The minimum atomic E-state index is -4.21. The highest BCUT2D eigenvalue weighted by Gasteiger charge is 2.26. The molecule has 0 fully saturated rings. The van der Waals surface area contributed by atoms with Crippen LogP contribution in [0.5, 0.6) is 0 Å². The molecule has 0 aliphatic carbocycles. The third-order valence-corrected chi connectivity index (χ3v) is 2.96. The molecule has 0 aliphatic heterocycles. The SMILES string of the molecule is CCNC(=NCc1ccc(N(C)C)c(F)c1)NCCC(F)(F)F. The highest BCUT2D eigenvalue weighted by atomic mass is 19.4. The van der Waals surface area contributed by atoms with Gasteiger partial charge < -0.3 is 15.5 Å². The number of anilines is 1. The van der Waals surface area contributed by atoms with E-state index in [1.54, 1.807) is 31.1 Å². The second-order valence-electron chi connectivity index (χ2n) is 5.17. The van der Waals surface area contributed by atoms with Crippen LogP contribution in [0.25, 0.3) is 0 Å². The summed E-state index contributed by atoms with van der Waals surface area (Å²) >= 11 is 0. The lowest BCUT2D eigenvalue weighted by molar-refractivity contribution is -0.132. The lowest BCUT2D eigenvalue weighted by atomic mass is 10.2. The molecule has 0 atom stereocenters. The minimum absolute atomic E-state index is 0.173. The molecule has 1 aromatic rings. The number of hydrogen-bond acceptors (Lipinski definition) is 2. The number of hydrogen-bond donors (Lipinski definition) is 2. The van der Waals surface area contributed by atoms with Crippen molar-refractivity contribution in [3.8, 4) is 0 Å². The van der Waals surface area contributed by atoms with Crippen LogP contribution in [0, 0.1) is 5.82 Å². The van der Waals surface area contributed by atoms with Gasteiger partial charge >= 0.3 is 6.18 Å². The molecule has 0 unspecified atom stereocenters. The van der Waals surface area contributed by atoms with E-state index in [1.807, 2.05) is 6.92 Å². The third kappa shape index (κ3) is 7.21. The zero-order valence-electron chi connectivity index (χ0n) is 13.5. The predicted molar refractivity (Wildman–Crippen MR) is 84.2 cm³/mol. The van der Waals surface area contributed by atoms with E-state index in [0.29, 0.717) is 17.8 Å². The summed E-state index contributed by atoms with van der Waals surface area (Å²) in [6.07, 6.45) is -5.15. The molecule has 0 bridgehead atoms. The van der Waals surface area contributed by atoms with Crippen molar-refractivity contribution >= 4 is 11.6 Å². The lowest BCUT2D eigenvalue weighted by Crippen LogP contribution is -2.38. The van der Waals surface area contributed by atoms with Crippen LogP contribution in [0.2, 0.25) is 0 Å². The van der Waals surface area contributed by atoms with E-state index in [4.69, 9.17) is 0 Å². The van der Waals surface area contributed by atoms with Crippen molar-refractivity contribution in [2.24, 2.45) is 4.99 Å². The monoisotopic (exact) mass is 334 g/mol. The normalized spacial score (nSPS) is 12.2. The highest BCUT2D eigenvalue weighted by molar-refractivity contribution is 5.79. The molecule has 0 aromatic heterocycles. The van der Waals surface area contributed by atoms with Crippen LogP contribution < -0.4 is 15.5 Å². The molecular formula is C15H22F4N4. The van der Waals surface area contributed by atoms with Gasteiger partial charge in [-0.2, -0.15) is 13.2 Å². The summed E-state index contributed by atoms with van der Waals surface area (Å²) in [4.78, 5) is 5.82. The summed E-state index contributed by atoms with van der Waals surface area (Å²) in [5.41, 5.74) is 1.11. The molecule has 0 amide bonds. The average Bonchev–Trinajstić information content (AvgIpc) is 2.43. The Morgan fingerprint density at radius 1 is 1.22 bits per heavy atom. The zero-order chi connectivity index (χ0) is 17.5. The molecule has 1 aromatic carbocycles. The smallest absolute Gasteiger partial charge is 0.375 e. The van der Waals surface area contributed by atoms with Crippen molar-refractivity contribution in [2.75, 3.05) is 32.1 Å². The second-order valence-corrected chi connectivity index (χ2v) is 5.17. The van der Waals surface area contributed by atoms with Gasteiger partial charge in [0.25, 0.3) is 0 Å². The summed E-state index contributed by atoms with van der Waals surface area (Å²) in [5, 5.41) is 5.46. The zero-order valence-corrected chi connectivity index (χ0v) is 13.5. The standard InChI is InChI=1S/C15H22F4N4/c1-4-20-14(21-8-7-15(17,18)19)22-10-11-5-6-13(23(2)3)12(16)9-11/h5-6,9H,4,7-8,10H2,1-3H3,(H2,20,21,22). The summed E-state index contributed by atoms with van der Waals surface area (Å²) < 4.78 is 50.3. The van der Waals surface area contributed by atoms with Gasteiger partial charge in [0.15, 0.2) is 5.96 Å². The van der Waals surface area contributed by atoms with Crippen molar-refractivity contribution < 1.29 is 17.6 Å². The van der Waals surface area contributed by atoms with Gasteiger partial charge in [0, 0.05) is 27.2 Å². The topological polar surface area (TPSA) is 39.7 Å². The van der Waals surface area contributed by atoms with Crippen LogP contribution in [-0.2, 0) is 6.54 Å². The number of alkyl halides is 3. The molecule has 23 heavy (non-hydrogen) atoms. The number of rotatable bonds is 6. The van der Waals surface area contributed by atoms with Crippen LogP contribution in [0.15, 0.2) is 23.2 Å². The molecule has 0 heterocycles.